The van der Waals surface area contributed by atoms with Crippen LogP contribution < -0.4 is 4.74 Å². The first-order valence-corrected chi connectivity index (χ1v) is 5.68. The minimum Gasteiger partial charge on any atom is -0.487 e. The van der Waals surface area contributed by atoms with Gasteiger partial charge < -0.3 is 9.84 Å². The zero-order valence-electron chi connectivity index (χ0n) is 9.70. The SMILES string of the molecule is Cc1ccc(OC2(CC(=O)O)CCC2)cc1F. The van der Waals surface area contributed by atoms with Crippen LogP contribution in [0.3, 0.4) is 0 Å². The third-order valence-electron chi connectivity index (χ3n) is 3.22. The minimum atomic E-state index is -0.878. The van der Waals surface area contributed by atoms with Gasteiger partial charge in [0, 0.05) is 6.07 Å². The highest BCUT2D eigenvalue weighted by molar-refractivity contribution is 5.68. The van der Waals surface area contributed by atoms with Gasteiger partial charge in [-0.05, 0) is 37.8 Å². The maximum Gasteiger partial charge on any atom is 0.307 e. The van der Waals surface area contributed by atoms with Crippen molar-refractivity contribution < 1.29 is 19.0 Å². The lowest BCUT2D eigenvalue weighted by Gasteiger charge is -2.40. The normalized spacial score (nSPS) is 17.3. The first-order valence-electron chi connectivity index (χ1n) is 5.68. The number of ether oxygens (including phenoxy) is 1. The molecule has 0 radical (unpaired) electrons. The second-order valence-electron chi connectivity index (χ2n) is 4.62. The quantitative estimate of drug-likeness (QED) is 0.877. The van der Waals surface area contributed by atoms with Gasteiger partial charge >= 0.3 is 5.97 Å². The van der Waals surface area contributed by atoms with Crippen molar-refractivity contribution in [3.8, 4) is 5.75 Å². The molecule has 0 heterocycles. The first kappa shape index (κ1) is 11.9. The van der Waals surface area contributed by atoms with Crippen LogP contribution in [0.5, 0.6) is 5.75 Å². The Morgan fingerprint density at radius 1 is 1.53 bits per heavy atom. The largest absolute Gasteiger partial charge is 0.487 e. The molecule has 0 atom stereocenters. The van der Waals surface area contributed by atoms with Gasteiger partial charge in [0.2, 0.25) is 0 Å². The van der Waals surface area contributed by atoms with Gasteiger partial charge in [0.05, 0.1) is 6.42 Å². The van der Waals surface area contributed by atoms with Gasteiger partial charge in [0.1, 0.15) is 17.2 Å². The molecule has 0 unspecified atom stereocenters. The first-order chi connectivity index (χ1) is 8.01. The van der Waals surface area contributed by atoms with Gasteiger partial charge in [-0.3, -0.25) is 4.79 Å². The molecule has 2 rings (SSSR count). The summed E-state index contributed by atoms with van der Waals surface area (Å²) in [6, 6.07) is 4.63. The van der Waals surface area contributed by atoms with Crippen LogP contribution in [0.15, 0.2) is 18.2 Å². The Kier molecular flexibility index (Phi) is 3.05. The molecule has 1 aromatic rings. The number of carbonyl (C=O) groups is 1. The fourth-order valence-corrected chi connectivity index (χ4v) is 2.05. The monoisotopic (exact) mass is 238 g/mol. The Hall–Kier alpha value is -1.58. The fourth-order valence-electron chi connectivity index (χ4n) is 2.05. The summed E-state index contributed by atoms with van der Waals surface area (Å²) < 4.78 is 19.0. The van der Waals surface area contributed by atoms with E-state index < -0.39 is 11.6 Å². The Bertz CT molecular complexity index is 438. The van der Waals surface area contributed by atoms with Crippen LogP contribution in [-0.4, -0.2) is 16.7 Å². The van der Waals surface area contributed by atoms with Gasteiger partial charge in [-0.15, -0.1) is 0 Å². The molecule has 1 aliphatic carbocycles. The van der Waals surface area contributed by atoms with Crippen molar-refractivity contribution >= 4 is 5.97 Å². The Morgan fingerprint density at radius 2 is 2.24 bits per heavy atom. The zero-order valence-corrected chi connectivity index (χ0v) is 9.70. The number of carboxylic acid groups (broad SMARTS) is 1. The van der Waals surface area contributed by atoms with Crippen molar-refractivity contribution in [2.75, 3.05) is 0 Å². The number of hydrogen-bond acceptors (Lipinski definition) is 2. The predicted molar refractivity (Wildman–Crippen MR) is 60.6 cm³/mol. The van der Waals surface area contributed by atoms with Crippen molar-refractivity contribution in [1.82, 2.24) is 0 Å². The predicted octanol–water partition coefficient (Wildman–Crippen LogP) is 2.91. The molecule has 0 aromatic heterocycles. The van der Waals surface area contributed by atoms with E-state index in [9.17, 15) is 9.18 Å². The summed E-state index contributed by atoms with van der Waals surface area (Å²) in [5.74, 6) is -0.793. The van der Waals surface area contributed by atoms with E-state index in [2.05, 4.69) is 0 Å². The minimum absolute atomic E-state index is 0.0253. The lowest BCUT2D eigenvalue weighted by atomic mass is 9.77. The molecule has 92 valence electrons. The van der Waals surface area contributed by atoms with Crippen LogP contribution >= 0.6 is 0 Å². The molecule has 1 fully saturated rings. The van der Waals surface area contributed by atoms with Crippen molar-refractivity contribution in [2.24, 2.45) is 0 Å². The van der Waals surface area contributed by atoms with E-state index in [-0.39, 0.29) is 12.2 Å². The highest BCUT2D eigenvalue weighted by atomic mass is 19.1. The van der Waals surface area contributed by atoms with Crippen molar-refractivity contribution in [3.05, 3.63) is 29.6 Å². The van der Waals surface area contributed by atoms with Gasteiger partial charge in [0.25, 0.3) is 0 Å². The van der Waals surface area contributed by atoms with E-state index in [0.717, 1.165) is 19.3 Å². The zero-order chi connectivity index (χ0) is 12.5. The maximum absolute atomic E-state index is 13.3. The standard InChI is InChI=1S/C13H15FO3/c1-9-3-4-10(7-11(9)14)17-13(5-2-6-13)8-12(15)16/h3-4,7H,2,5-6,8H2,1H3,(H,15,16). The van der Waals surface area contributed by atoms with Gasteiger partial charge in [-0.25, -0.2) is 4.39 Å². The molecular formula is C13H15FO3. The van der Waals surface area contributed by atoms with Crippen LogP contribution in [0, 0.1) is 12.7 Å². The van der Waals surface area contributed by atoms with E-state index in [1.165, 1.54) is 6.07 Å². The number of halogens is 1. The third-order valence-corrected chi connectivity index (χ3v) is 3.22. The van der Waals surface area contributed by atoms with Crippen molar-refractivity contribution in [1.29, 1.82) is 0 Å². The van der Waals surface area contributed by atoms with E-state index in [1.807, 2.05) is 0 Å². The molecular weight excluding hydrogens is 223 g/mol. The summed E-state index contributed by atoms with van der Waals surface area (Å²) >= 11 is 0. The number of aliphatic carboxylic acids is 1. The van der Waals surface area contributed by atoms with Crippen LogP contribution in [0.1, 0.15) is 31.2 Å². The molecule has 0 amide bonds. The summed E-state index contributed by atoms with van der Waals surface area (Å²) in [6.07, 6.45) is 2.37. The molecule has 0 spiro atoms. The third kappa shape index (κ3) is 2.57. The van der Waals surface area contributed by atoms with E-state index in [4.69, 9.17) is 9.84 Å². The van der Waals surface area contributed by atoms with Crippen LogP contribution in [0.2, 0.25) is 0 Å². The van der Waals surface area contributed by atoms with Gasteiger partial charge in [-0.1, -0.05) is 6.07 Å². The van der Waals surface area contributed by atoms with Gasteiger partial charge in [-0.2, -0.15) is 0 Å². The van der Waals surface area contributed by atoms with Gasteiger partial charge in [0.15, 0.2) is 0 Å². The maximum atomic E-state index is 13.3. The molecule has 1 N–H and O–H groups in total. The molecule has 1 saturated carbocycles. The van der Waals surface area contributed by atoms with Crippen LogP contribution in [-0.2, 0) is 4.79 Å². The van der Waals surface area contributed by atoms with Crippen molar-refractivity contribution in [2.45, 2.75) is 38.2 Å². The number of benzene rings is 1. The van der Waals surface area contributed by atoms with Crippen LogP contribution in [0.25, 0.3) is 0 Å². The smallest absolute Gasteiger partial charge is 0.307 e. The van der Waals surface area contributed by atoms with E-state index in [0.29, 0.717) is 11.3 Å². The summed E-state index contributed by atoms with van der Waals surface area (Å²) in [6.45, 7) is 1.68. The molecule has 0 saturated heterocycles. The Morgan fingerprint density at radius 3 is 2.71 bits per heavy atom. The van der Waals surface area contributed by atoms with Crippen molar-refractivity contribution in [3.63, 3.8) is 0 Å². The number of hydrogen-bond donors (Lipinski definition) is 1. The lowest BCUT2D eigenvalue weighted by molar-refractivity contribution is -0.144. The Labute approximate surface area is 99.2 Å². The second kappa shape index (κ2) is 4.35. The molecule has 1 aromatic carbocycles. The molecule has 3 nitrogen and oxygen atoms in total. The average molecular weight is 238 g/mol. The summed E-state index contributed by atoms with van der Waals surface area (Å²) in [5.41, 5.74) is -0.0775. The molecule has 0 aliphatic heterocycles. The van der Waals surface area contributed by atoms with Crippen LogP contribution in [0.4, 0.5) is 4.39 Å². The molecule has 0 bridgehead atoms. The summed E-state index contributed by atoms with van der Waals surface area (Å²) in [5, 5.41) is 8.84. The van der Waals surface area contributed by atoms with E-state index >= 15 is 0 Å². The number of carboxylic acids is 1. The summed E-state index contributed by atoms with van der Waals surface area (Å²) in [4.78, 5) is 10.8. The Balaban J connectivity index is 2.13. The summed E-state index contributed by atoms with van der Waals surface area (Å²) in [7, 11) is 0. The van der Waals surface area contributed by atoms with E-state index in [1.54, 1.807) is 19.1 Å². The highest BCUT2D eigenvalue weighted by Gasteiger charge is 2.41. The molecule has 1 aliphatic rings. The average Bonchev–Trinajstić information content (AvgIpc) is 2.19. The fraction of sp³-hybridized carbons (Fsp3) is 0.462. The second-order valence-corrected chi connectivity index (χ2v) is 4.62. The lowest BCUT2D eigenvalue weighted by Crippen LogP contribution is -2.45. The molecule has 4 heteroatoms. The number of aryl methyl sites for hydroxylation is 1. The number of rotatable bonds is 4. The topological polar surface area (TPSA) is 46.5 Å². The highest BCUT2D eigenvalue weighted by Crippen LogP contribution is 2.39. The molecule has 17 heavy (non-hydrogen) atoms.